The third-order valence-electron chi connectivity index (χ3n) is 3.10. The first-order valence-corrected chi connectivity index (χ1v) is 5.56. The van der Waals surface area contributed by atoms with Gasteiger partial charge in [-0.1, -0.05) is 0 Å². The van der Waals surface area contributed by atoms with E-state index in [0.717, 1.165) is 32.4 Å². The van der Waals surface area contributed by atoms with Gasteiger partial charge in [0.25, 0.3) is 0 Å². The van der Waals surface area contributed by atoms with E-state index in [2.05, 4.69) is 5.32 Å². The minimum Gasteiger partial charge on any atom is -0.316 e. The predicted molar refractivity (Wildman–Crippen MR) is 51.6 cm³/mol. The molecular weight excluding hydrogens is 205 g/mol. The van der Waals surface area contributed by atoms with Crippen molar-refractivity contribution in [2.75, 3.05) is 26.2 Å². The standard InChI is InChI=1S/C10H17F3N2/c11-10(12,13)7-15(9-1-2-9)6-8-3-4-14-5-8/h8-9,14H,1-7H2. The highest BCUT2D eigenvalue weighted by Crippen LogP contribution is 2.31. The average Bonchev–Trinajstić information content (AvgIpc) is 2.83. The Kier molecular flexibility index (Phi) is 3.21. The number of halogens is 3. The van der Waals surface area contributed by atoms with Crippen molar-refractivity contribution in [2.24, 2.45) is 5.92 Å². The van der Waals surface area contributed by atoms with Crippen LogP contribution in [0.1, 0.15) is 19.3 Å². The van der Waals surface area contributed by atoms with Crippen LogP contribution in [0.15, 0.2) is 0 Å². The fraction of sp³-hybridized carbons (Fsp3) is 1.00. The summed E-state index contributed by atoms with van der Waals surface area (Å²) >= 11 is 0. The van der Waals surface area contributed by atoms with Crippen molar-refractivity contribution in [2.45, 2.75) is 31.5 Å². The Morgan fingerprint density at radius 2 is 1.93 bits per heavy atom. The molecule has 2 fully saturated rings. The van der Waals surface area contributed by atoms with Crippen LogP contribution in [0.2, 0.25) is 0 Å². The van der Waals surface area contributed by atoms with Crippen LogP contribution < -0.4 is 5.32 Å². The Bertz CT molecular complexity index is 207. The van der Waals surface area contributed by atoms with Gasteiger partial charge in [-0.25, -0.2) is 0 Å². The third-order valence-corrected chi connectivity index (χ3v) is 3.10. The van der Waals surface area contributed by atoms with Crippen LogP contribution in [0, 0.1) is 5.92 Å². The first-order valence-electron chi connectivity index (χ1n) is 5.56. The topological polar surface area (TPSA) is 15.3 Å². The maximum Gasteiger partial charge on any atom is 0.401 e. The average molecular weight is 222 g/mol. The summed E-state index contributed by atoms with van der Waals surface area (Å²) < 4.78 is 36.9. The second-order valence-corrected chi connectivity index (χ2v) is 4.63. The Hall–Kier alpha value is -0.290. The molecule has 2 aliphatic rings. The molecule has 0 aromatic carbocycles. The van der Waals surface area contributed by atoms with Crippen molar-refractivity contribution < 1.29 is 13.2 Å². The van der Waals surface area contributed by atoms with Gasteiger partial charge in [0.15, 0.2) is 0 Å². The molecule has 1 heterocycles. The molecule has 1 atom stereocenters. The molecule has 1 aliphatic heterocycles. The van der Waals surface area contributed by atoms with Gasteiger partial charge in [-0.2, -0.15) is 13.2 Å². The summed E-state index contributed by atoms with van der Waals surface area (Å²) in [6.45, 7) is 1.71. The zero-order valence-electron chi connectivity index (χ0n) is 8.69. The first kappa shape index (κ1) is 11.2. The highest BCUT2D eigenvalue weighted by molar-refractivity contribution is 4.88. The number of nitrogens with zero attached hydrogens (tertiary/aromatic N) is 1. The van der Waals surface area contributed by atoms with Gasteiger partial charge in [0.1, 0.15) is 0 Å². The molecule has 0 radical (unpaired) electrons. The van der Waals surface area contributed by atoms with E-state index >= 15 is 0 Å². The zero-order chi connectivity index (χ0) is 10.9. The second kappa shape index (κ2) is 4.29. The predicted octanol–water partition coefficient (Wildman–Crippen LogP) is 1.62. The minimum absolute atomic E-state index is 0.201. The lowest BCUT2D eigenvalue weighted by Crippen LogP contribution is -2.39. The van der Waals surface area contributed by atoms with Crippen molar-refractivity contribution in [1.82, 2.24) is 10.2 Å². The Labute approximate surface area is 87.8 Å². The van der Waals surface area contributed by atoms with Gasteiger partial charge in [-0.3, -0.25) is 4.90 Å². The van der Waals surface area contributed by atoms with Crippen LogP contribution in [0.25, 0.3) is 0 Å². The van der Waals surface area contributed by atoms with E-state index in [-0.39, 0.29) is 6.04 Å². The molecule has 1 saturated heterocycles. The first-order chi connectivity index (χ1) is 7.04. The number of alkyl halides is 3. The number of hydrogen-bond acceptors (Lipinski definition) is 2. The molecule has 1 saturated carbocycles. The Morgan fingerprint density at radius 3 is 2.40 bits per heavy atom. The monoisotopic (exact) mass is 222 g/mol. The highest BCUT2D eigenvalue weighted by atomic mass is 19.4. The van der Waals surface area contributed by atoms with Crippen molar-refractivity contribution in [3.63, 3.8) is 0 Å². The Morgan fingerprint density at radius 1 is 1.20 bits per heavy atom. The van der Waals surface area contributed by atoms with Gasteiger partial charge in [0.2, 0.25) is 0 Å². The summed E-state index contributed by atoms with van der Waals surface area (Å²) in [6, 6.07) is 0.201. The molecule has 0 aromatic heterocycles. The fourth-order valence-corrected chi connectivity index (χ4v) is 2.21. The van der Waals surface area contributed by atoms with E-state index < -0.39 is 12.7 Å². The number of rotatable bonds is 4. The van der Waals surface area contributed by atoms with Gasteiger partial charge in [-0.15, -0.1) is 0 Å². The van der Waals surface area contributed by atoms with Crippen LogP contribution in [0.4, 0.5) is 13.2 Å². The minimum atomic E-state index is -4.05. The fourth-order valence-electron chi connectivity index (χ4n) is 2.21. The smallest absolute Gasteiger partial charge is 0.316 e. The quantitative estimate of drug-likeness (QED) is 0.777. The summed E-state index contributed by atoms with van der Waals surface area (Å²) in [6.07, 6.45) is -1.15. The molecule has 2 nitrogen and oxygen atoms in total. The van der Waals surface area contributed by atoms with E-state index in [1.165, 1.54) is 0 Å². The molecule has 88 valence electrons. The number of hydrogen-bond donors (Lipinski definition) is 1. The summed E-state index contributed by atoms with van der Waals surface area (Å²) in [5.41, 5.74) is 0. The van der Waals surface area contributed by atoms with Gasteiger partial charge in [0, 0.05) is 12.6 Å². The van der Waals surface area contributed by atoms with Gasteiger partial charge in [0.05, 0.1) is 6.54 Å². The Balaban J connectivity index is 1.82. The van der Waals surface area contributed by atoms with Crippen LogP contribution in [-0.4, -0.2) is 43.3 Å². The van der Waals surface area contributed by atoms with Gasteiger partial charge in [-0.05, 0) is 38.3 Å². The normalized spacial score (nSPS) is 27.6. The van der Waals surface area contributed by atoms with E-state index in [1.807, 2.05) is 0 Å². The zero-order valence-corrected chi connectivity index (χ0v) is 8.69. The molecule has 1 N–H and O–H groups in total. The second-order valence-electron chi connectivity index (χ2n) is 4.63. The molecule has 2 rings (SSSR count). The summed E-state index contributed by atoms with van der Waals surface area (Å²) in [7, 11) is 0. The van der Waals surface area contributed by atoms with E-state index in [9.17, 15) is 13.2 Å². The van der Waals surface area contributed by atoms with Crippen LogP contribution in [0.5, 0.6) is 0 Å². The molecule has 0 spiro atoms. The lowest BCUT2D eigenvalue weighted by molar-refractivity contribution is -0.148. The molecule has 0 amide bonds. The number of nitrogens with one attached hydrogen (secondary N) is 1. The molecule has 1 unspecified atom stereocenters. The van der Waals surface area contributed by atoms with E-state index in [4.69, 9.17) is 0 Å². The molecule has 0 aromatic rings. The van der Waals surface area contributed by atoms with Crippen molar-refractivity contribution in [1.29, 1.82) is 0 Å². The molecular formula is C10H17F3N2. The van der Waals surface area contributed by atoms with Crippen molar-refractivity contribution in [3.8, 4) is 0 Å². The third kappa shape index (κ3) is 3.65. The van der Waals surface area contributed by atoms with E-state index in [0.29, 0.717) is 12.5 Å². The van der Waals surface area contributed by atoms with Gasteiger partial charge >= 0.3 is 6.18 Å². The highest BCUT2D eigenvalue weighted by Gasteiger charge is 2.38. The molecule has 5 heteroatoms. The van der Waals surface area contributed by atoms with Crippen LogP contribution in [-0.2, 0) is 0 Å². The molecule has 0 bridgehead atoms. The van der Waals surface area contributed by atoms with Crippen molar-refractivity contribution >= 4 is 0 Å². The maximum absolute atomic E-state index is 12.3. The van der Waals surface area contributed by atoms with Crippen LogP contribution >= 0.6 is 0 Å². The van der Waals surface area contributed by atoms with E-state index in [1.54, 1.807) is 4.90 Å². The lowest BCUT2D eigenvalue weighted by atomic mass is 10.1. The van der Waals surface area contributed by atoms with Crippen molar-refractivity contribution in [3.05, 3.63) is 0 Å². The summed E-state index contributed by atoms with van der Waals surface area (Å²) in [5.74, 6) is 0.410. The SMILES string of the molecule is FC(F)(F)CN(CC1CCNC1)C1CC1. The largest absolute Gasteiger partial charge is 0.401 e. The molecule has 15 heavy (non-hydrogen) atoms. The summed E-state index contributed by atoms with van der Waals surface area (Å²) in [5, 5.41) is 3.19. The molecule has 1 aliphatic carbocycles. The lowest BCUT2D eigenvalue weighted by Gasteiger charge is -2.25. The summed E-state index contributed by atoms with van der Waals surface area (Å²) in [4.78, 5) is 1.62. The van der Waals surface area contributed by atoms with Crippen LogP contribution in [0.3, 0.4) is 0 Å². The maximum atomic E-state index is 12.3. The van der Waals surface area contributed by atoms with Gasteiger partial charge < -0.3 is 5.32 Å².